The molecular formula is C18H23N. The molecule has 100 valence electrons. The lowest BCUT2D eigenvalue weighted by molar-refractivity contribution is 0.271. The molecular weight excluding hydrogens is 230 g/mol. The molecule has 1 heteroatoms. The van der Waals surface area contributed by atoms with Gasteiger partial charge in [-0.3, -0.25) is 0 Å². The van der Waals surface area contributed by atoms with E-state index in [0.717, 1.165) is 6.54 Å². The molecule has 0 heterocycles. The highest BCUT2D eigenvalue weighted by Gasteiger charge is 2.25. The molecule has 0 aliphatic carbocycles. The van der Waals surface area contributed by atoms with Crippen LogP contribution < -0.4 is 5.32 Å². The topological polar surface area (TPSA) is 12.0 Å². The Morgan fingerprint density at radius 2 is 1.37 bits per heavy atom. The second-order valence-electron chi connectivity index (χ2n) is 6.08. The van der Waals surface area contributed by atoms with Crippen molar-refractivity contribution in [2.75, 3.05) is 0 Å². The Labute approximate surface area is 116 Å². The summed E-state index contributed by atoms with van der Waals surface area (Å²) >= 11 is 0. The van der Waals surface area contributed by atoms with Crippen molar-refractivity contribution in [3.63, 3.8) is 0 Å². The average molecular weight is 253 g/mol. The first-order chi connectivity index (χ1) is 9.07. The Bertz CT molecular complexity index is 482. The van der Waals surface area contributed by atoms with Crippen LogP contribution in [0.2, 0.25) is 0 Å². The highest BCUT2D eigenvalue weighted by atomic mass is 14.9. The summed E-state index contributed by atoms with van der Waals surface area (Å²) in [5, 5.41) is 3.69. The molecule has 1 nitrogen and oxygen atoms in total. The largest absolute Gasteiger partial charge is 0.305 e. The van der Waals surface area contributed by atoms with Crippen LogP contribution >= 0.6 is 0 Å². The first kappa shape index (κ1) is 13.8. The molecule has 0 bridgehead atoms. The molecule has 0 fully saturated rings. The standard InChI is InChI=1S/C18H23N/c1-18(2,3)17(16-12-8-5-9-13-16)19-14-15-10-6-4-7-11-15/h4-13,17,19H,14H2,1-3H3. The summed E-state index contributed by atoms with van der Waals surface area (Å²) in [7, 11) is 0. The Kier molecular flexibility index (Phi) is 4.39. The van der Waals surface area contributed by atoms with Gasteiger partial charge in [0.15, 0.2) is 0 Å². The molecule has 0 aliphatic rings. The van der Waals surface area contributed by atoms with E-state index < -0.39 is 0 Å². The van der Waals surface area contributed by atoms with Gasteiger partial charge in [-0.1, -0.05) is 81.4 Å². The van der Waals surface area contributed by atoms with Crippen molar-refractivity contribution in [1.29, 1.82) is 0 Å². The first-order valence-electron chi connectivity index (χ1n) is 6.89. The summed E-state index contributed by atoms with van der Waals surface area (Å²) in [6.45, 7) is 7.74. The van der Waals surface area contributed by atoms with E-state index >= 15 is 0 Å². The van der Waals surface area contributed by atoms with Crippen LogP contribution in [0, 0.1) is 5.41 Å². The fraction of sp³-hybridized carbons (Fsp3) is 0.333. The minimum atomic E-state index is 0.191. The van der Waals surface area contributed by atoms with Crippen molar-refractivity contribution in [3.8, 4) is 0 Å². The van der Waals surface area contributed by atoms with Crippen LogP contribution in [0.1, 0.15) is 37.9 Å². The molecule has 1 atom stereocenters. The molecule has 0 aliphatic heterocycles. The Morgan fingerprint density at radius 1 is 0.842 bits per heavy atom. The van der Waals surface area contributed by atoms with E-state index in [1.165, 1.54) is 11.1 Å². The number of hydrogen-bond acceptors (Lipinski definition) is 1. The number of benzene rings is 2. The monoisotopic (exact) mass is 253 g/mol. The minimum absolute atomic E-state index is 0.191. The van der Waals surface area contributed by atoms with Crippen molar-refractivity contribution in [1.82, 2.24) is 5.32 Å². The van der Waals surface area contributed by atoms with Crippen molar-refractivity contribution >= 4 is 0 Å². The van der Waals surface area contributed by atoms with Crippen LogP contribution in [0.25, 0.3) is 0 Å². The lowest BCUT2D eigenvalue weighted by Crippen LogP contribution is -2.31. The second kappa shape index (κ2) is 6.03. The fourth-order valence-corrected chi connectivity index (χ4v) is 2.39. The van der Waals surface area contributed by atoms with Crippen LogP contribution in [-0.2, 0) is 6.54 Å². The summed E-state index contributed by atoms with van der Waals surface area (Å²) in [6, 6.07) is 21.6. The SMILES string of the molecule is CC(C)(C)C(NCc1ccccc1)c1ccccc1. The van der Waals surface area contributed by atoms with Crippen LogP contribution in [0.5, 0.6) is 0 Å². The number of rotatable bonds is 4. The molecule has 1 unspecified atom stereocenters. The number of nitrogens with one attached hydrogen (secondary N) is 1. The third-order valence-corrected chi connectivity index (χ3v) is 3.35. The minimum Gasteiger partial charge on any atom is -0.305 e. The lowest BCUT2D eigenvalue weighted by Gasteiger charge is -2.32. The second-order valence-corrected chi connectivity index (χ2v) is 6.08. The zero-order chi connectivity index (χ0) is 13.7. The van der Waals surface area contributed by atoms with Gasteiger partial charge in [0.1, 0.15) is 0 Å². The summed E-state index contributed by atoms with van der Waals surface area (Å²) in [5.74, 6) is 0. The van der Waals surface area contributed by atoms with Gasteiger partial charge < -0.3 is 5.32 Å². The molecule has 2 rings (SSSR count). The van der Waals surface area contributed by atoms with Crippen LogP contribution in [0.3, 0.4) is 0 Å². The van der Waals surface area contributed by atoms with Gasteiger partial charge in [0.2, 0.25) is 0 Å². The van der Waals surface area contributed by atoms with Crippen molar-refractivity contribution < 1.29 is 0 Å². The number of hydrogen-bond donors (Lipinski definition) is 1. The molecule has 0 aromatic heterocycles. The smallest absolute Gasteiger partial charge is 0.0372 e. The normalized spacial score (nSPS) is 13.2. The maximum atomic E-state index is 3.69. The molecule has 2 aromatic carbocycles. The quantitative estimate of drug-likeness (QED) is 0.842. The zero-order valence-corrected chi connectivity index (χ0v) is 12.1. The fourth-order valence-electron chi connectivity index (χ4n) is 2.39. The molecule has 0 spiro atoms. The Morgan fingerprint density at radius 3 is 1.89 bits per heavy atom. The summed E-state index contributed by atoms with van der Waals surface area (Å²) < 4.78 is 0. The summed E-state index contributed by atoms with van der Waals surface area (Å²) in [5.41, 5.74) is 2.87. The van der Waals surface area contributed by atoms with E-state index in [9.17, 15) is 0 Å². The van der Waals surface area contributed by atoms with Gasteiger partial charge in [0.05, 0.1) is 0 Å². The van der Waals surface area contributed by atoms with Gasteiger partial charge in [-0.05, 0) is 16.5 Å². The summed E-state index contributed by atoms with van der Waals surface area (Å²) in [6.07, 6.45) is 0. The lowest BCUT2D eigenvalue weighted by atomic mass is 9.82. The third-order valence-electron chi connectivity index (χ3n) is 3.35. The molecule has 19 heavy (non-hydrogen) atoms. The molecule has 1 N–H and O–H groups in total. The predicted molar refractivity (Wildman–Crippen MR) is 81.9 cm³/mol. The van der Waals surface area contributed by atoms with Gasteiger partial charge in [-0.15, -0.1) is 0 Å². The van der Waals surface area contributed by atoms with E-state index in [1.54, 1.807) is 0 Å². The van der Waals surface area contributed by atoms with E-state index in [1.807, 2.05) is 0 Å². The van der Waals surface area contributed by atoms with Gasteiger partial charge in [0, 0.05) is 12.6 Å². The Hall–Kier alpha value is -1.60. The van der Waals surface area contributed by atoms with Crippen LogP contribution in [0.15, 0.2) is 60.7 Å². The van der Waals surface area contributed by atoms with Crippen molar-refractivity contribution in [2.45, 2.75) is 33.4 Å². The van der Waals surface area contributed by atoms with E-state index in [-0.39, 0.29) is 5.41 Å². The van der Waals surface area contributed by atoms with Gasteiger partial charge in [-0.2, -0.15) is 0 Å². The van der Waals surface area contributed by atoms with E-state index in [4.69, 9.17) is 0 Å². The maximum absolute atomic E-state index is 3.69. The van der Waals surface area contributed by atoms with E-state index in [2.05, 4.69) is 86.8 Å². The molecule has 2 aromatic rings. The molecule has 0 saturated heterocycles. The first-order valence-corrected chi connectivity index (χ1v) is 6.89. The zero-order valence-electron chi connectivity index (χ0n) is 12.1. The van der Waals surface area contributed by atoms with E-state index in [0.29, 0.717) is 6.04 Å². The molecule has 0 radical (unpaired) electrons. The Balaban J connectivity index is 2.12. The third kappa shape index (κ3) is 3.93. The average Bonchev–Trinajstić information content (AvgIpc) is 2.40. The van der Waals surface area contributed by atoms with Crippen LogP contribution in [0.4, 0.5) is 0 Å². The van der Waals surface area contributed by atoms with Crippen molar-refractivity contribution in [3.05, 3.63) is 71.8 Å². The van der Waals surface area contributed by atoms with Gasteiger partial charge in [-0.25, -0.2) is 0 Å². The maximum Gasteiger partial charge on any atom is 0.0372 e. The molecule has 0 saturated carbocycles. The van der Waals surface area contributed by atoms with Crippen LogP contribution in [-0.4, -0.2) is 0 Å². The van der Waals surface area contributed by atoms with Gasteiger partial charge >= 0.3 is 0 Å². The van der Waals surface area contributed by atoms with Crippen molar-refractivity contribution in [2.24, 2.45) is 5.41 Å². The molecule has 0 amide bonds. The van der Waals surface area contributed by atoms with Gasteiger partial charge in [0.25, 0.3) is 0 Å². The predicted octanol–water partition coefficient (Wildman–Crippen LogP) is 4.56. The summed E-state index contributed by atoms with van der Waals surface area (Å²) in [4.78, 5) is 0. The highest BCUT2D eigenvalue weighted by Crippen LogP contribution is 2.32. The highest BCUT2D eigenvalue weighted by molar-refractivity contribution is 5.21.